The van der Waals surface area contributed by atoms with Crippen LogP contribution in [0.5, 0.6) is 0 Å². The van der Waals surface area contributed by atoms with E-state index in [2.05, 4.69) is 47.0 Å². The van der Waals surface area contributed by atoms with Gasteiger partial charge in [0, 0.05) is 12.6 Å². The van der Waals surface area contributed by atoms with E-state index in [0.29, 0.717) is 12.0 Å². The molecular formula is C15H24N4S. The predicted octanol–water partition coefficient (Wildman–Crippen LogP) is 4.22. The van der Waals surface area contributed by atoms with Crippen molar-refractivity contribution in [3.05, 3.63) is 10.5 Å². The number of nitrogens with one attached hydrogen (secondary N) is 1. The van der Waals surface area contributed by atoms with Crippen LogP contribution >= 0.6 is 12.2 Å². The summed E-state index contributed by atoms with van der Waals surface area (Å²) in [6, 6.07) is 0.516. The Labute approximate surface area is 125 Å². The zero-order chi connectivity index (χ0) is 14.4. The Morgan fingerprint density at radius 1 is 1.35 bits per heavy atom. The minimum Gasteiger partial charge on any atom is -0.328 e. The first-order valence-electron chi connectivity index (χ1n) is 7.76. The van der Waals surface area contributed by atoms with E-state index in [1.807, 2.05) is 0 Å². The molecule has 2 aromatic rings. The first kappa shape index (κ1) is 13.9. The van der Waals surface area contributed by atoms with E-state index in [-0.39, 0.29) is 0 Å². The third kappa shape index (κ3) is 1.86. The molecule has 2 aromatic heterocycles. The number of aromatic nitrogens is 4. The number of imidazole rings is 1. The second-order valence-electron chi connectivity index (χ2n) is 6.07. The summed E-state index contributed by atoms with van der Waals surface area (Å²) in [5, 5.41) is 4.62. The Hall–Kier alpha value is -1.10. The van der Waals surface area contributed by atoms with Gasteiger partial charge in [0.2, 0.25) is 0 Å². The molecule has 3 unspecified atom stereocenters. The Balaban J connectivity index is 2.16. The van der Waals surface area contributed by atoms with Crippen molar-refractivity contribution in [2.24, 2.45) is 11.8 Å². The van der Waals surface area contributed by atoms with Gasteiger partial charge >= 0.3 is 0 Å². The monoisotopic (exact) mass is 292 g/mol. The lowest BCUT2D eigenvalue weighted by molar-refractivity contribution is 0.329. The molecule has 0 aromatic carbocycles. The van der Waals surface area contributed by atoms with Gasteiger partial charge in [0.15, 0.2) is 10.4 Å². The molecule has 3 atom stereocenters. The van der Waals surface area contributed by atoms with E-state index < -0.39 is 0 Å². The van der Waals surface area contributed by atoms with Gasteiger partial charge in [0.05, 0.1) is 5.69 Å². The zero-order valence-electron chi connectivity index (χ0n) is 12.8. The van der Waals surface area contributed by atoms with Crippen LogP contribution in [-0.4, -0.2) is 19.3 Å². The second kappa shape index (κ2) is 5.02. The van der Waals surface area contributed by atoms with E-state index in [9.17, 15) is 0 Å². The van der Waals surface area contributed by atoms with E-state index in [4.69, 9.17) is 12.2 Å². The lowest BCUT2D eigenvalue weighted by Gasteiger charge is -2.22. The summed E-state index contributed by atoms with van der Waals surface area (Å²) in [4.78, 5) is 3.37. The molecule has 0 radical (unpaired) electrons. The van der Waals surface area contributed by atoms with E-state index in [0.717, 1.165) is 28.4 Å². The summed E-state index contributed by atoms with van der Waals surface area (Å²) in [6.45, 7) is 9.76. The van der Waals surface area contributed by atoms with Gasteiger partial charge in [-0.2, -0.15) is 5.10 Å². The van der Waals surface area contributed by atoms with Crippen LogP contribution in [0.2, 0.25) is 0 Å². The molecule has 3 rings (SSSR count). The number of aryl methyl sites for hydroxylation is 2. The van der Waals surface area contributed by atoms with Gasteiger partial charge in [-0.3, -0.25) is 4.57 Å². The van der Waals surface area contributed by atoms with Crippen molar-refractivity contribution >= 4 is 23.4 Å². The lowest BCUT2D eigenvalue weighted by atomic mass is 9.93. The van der Waals surface area contributed by atoms with Crippen molar-refractivity contribution in [1.29, 1.82) is 0 Å². The second-order valence-corrected chi connectivity index (χ2v) is 6.46. The molecule has 1 aliphatic rings. The molecule has 4 nitrogen and oxygen atoms in total. The number of rotatable bonds is 3. The summed E-state index contributed by atoms with van der Waals surface area (Å²) in [6.07, 6.45) is 3.82. The maximum absolute atomic E-state index is 5.60. The SMILES string of the molecule is CCC1CCC(n2c(=S)[nH]c3c(C)nn(CC)c32)C1C. The highest BCUT2D eigenvalue weighted by Crippen LogP contribution is 2.43. The van der Waals surface area contributed by atoms with Crippen molar-refractivity contribution in [3.63, 3.8) is 0 Å². The van der Waals surface area contributed by atoms with Crippen molar-refractivity contribution < 1.29 is 0 Å². The van der Waals surface area contributed by atoms with E-state index in [1.165, 1.54) is 24.9 Å². The van der Waals surface area contributed by atoms with Gasteiger partial charge < -0.3 is 4.98 Å². The van der Waals surface area contributed by atoms with Crippen LogP contribution in [-0.2, 0) is 6.54 Å². The summed E-state index contributed by atoms with van der Waals surface area (Å²) in [5.41, 5.74) is 3.34. The minimum atomic E-state index is 0.516. The van der Waals surface area contributed by atoms with Crippen molar-refractivity contribution in [2.45, 2.75) is 59.5 Å². The average molecular weight is 292 g/mol. The van der Waals surface area contributed by atoms with Crippen molar-refractivity contribution in [3.8, 4) is 0 Å². The molecule has 5 heteroatoms. The standard InChI is InChI=1S/C15H24N4S/c1-5-11-7-8-12(9(11)3)19-14-13(16-15(19)20)10(4)17-18(14)6-2/h9,11-12H,5-8H2,1-4H3,(H,16,20). The van der Waals surface area contributed by atoms with Crippen molar-refractivity contribution in [2.75, 3.05) is 0 Å². The number of fused-ring (bicyclic) bond motifs is 1. The first-order chi connectivity index (χ1) is 9.58. The molecule has 20 heavy (non-hydrogen) atoms. The maximum Gasteiger partial charge on any atom is 0.179 e. The largest absolute Gasteiger partial charge is 0.328 e. The highest BCUT2D eigenvalue weighted by atomic mass is 32.1. The Morgan fingerprint density at radius 2 is 2.10 bits per heavy atom. The number of nitrogens with zero attached hydrogens (tertiary/aromatic N) is 3. The molecule has 0 spiro atoms. The van der Waals surface area contributed by atoms with Crippen molar-refractivity contribution in [1.82, 2.24) is 19.3 Å². The summed E-state index contributed by atoms with van der Waals surface area (Å²) in [5.74, 6) is 1.51. The normalized spacial score (nSPS) is 26.7. The molecule has 1 saturated carbocycles. The molecular weight excluding hydrogens is 268 g/mol. The molecule has 1 N–H and O–H groups in total. The molecule has 1 fully saturated rings. The quantitative estimate of drug-likeness (QED) is 0.860. The van der Waals surface area contributed by atoms with Gasteiger partial charge in [0.1, 0.15) is 5.52 Å². The van der Waals surface area contributed by atoms with Crippen LogP contribution in [0.25, 0.3) is 11.2 Å². The maximum atomic E-state index is 5.60. The average Bonchev–Trinajstić information content (AvgIpc) is 3.04. The van der Waals surface area contributed by atoms with Gasteiger partial charge in [-0.25, -0.2) is 4.68 Å². The Kier molecular flexibility index (Phi) is 3.48. The first-order valence-corrected chi connectivity index (χ1v) is 8.16. The summed E-state index contributed by atoms with van der Waals surface area (Å²) < 4.78 is 5.29. The van der Waals surface area contributed by atoms with Crippen LogP contribution in [0.4, 0.5) is 0 Å². The number of aromatic amines is 1. The molecule has 0 bridgehead atoms. The van der Waals surface area contributed by atoms with Crippen LogP contribution in [0.1, 0.15) is 51.8 Å². The van der Waals surface area contributed by atoms with Gasteiger partial charge in [-0.15, -0.1) is 0 Å². The number of H-pyrrole nitrogens is 1. The van der Waals surface area contributed by atoms with Gasteiger partial charge in [-0.05, 0) is 50.7 Å². The molecule has 1 aliphatic carbocycles. The Morgan fingerprint density at radius 3 is 2.70 bits per heavy atom. The van der Waals surface area contributed by atoms with Crippen LogP contribution in [0.3, 0.4) is 0 Å². The van der Waals surface area contributed by atoms with Gasteiger partial charge in [0.25, 0.3) is 0 Å². The fourth-order valence-electron chi connectivity index (χ4n) is 3.92. The third-order valence-electron chi connectivity index (χ3n) is 5.12. The molecule has 0 aliphatic heterocycles. The minimum absolute atomic E-state index is 0.516. The topological polar surface area (TPSA) is 38.5 Å². The smallest absolute Gasteiger partial charge is 0.179 e. The molecule has 110 valence electrons. The van der Waals surface area contributed by atoms with Crippen LogP contribution in [0, 0.1) is 23.5 Å². The highest BCUT2D eigenvalue weighted by Gasteiger charge is 2.34. The Bertz CT molecular complexity index is 678. The third-order valence-corrected chi connectivity index (χ3v) is 5.42. The van der Waals surface area contributed by atoms with E-state index >= 15 is 0 Å². The predicted molar refractivity (Wildman–Crippen MR) is 84.5 cm³/mol. The zero-order valence-corrected chi connectivity index (χ0v) is 13.6. The molecule has 2 heterocycles. The highest BCUT2D eigenvalue weighted by molar-refractivity contribution is 7.71. The lowest BCUT2D eigenvalue weighted by Crippen LogP contribution is -2.17. The number of hydrogen-bond donors (Lipinski definition) is 1. The number of hydrogen-bond acceptors (Lipinski definition) is 2. The summed E-state index contributed by atoms with van der Waals surface area (Å²) >= 11 is 5.60. The fourth-order valence-corrected chi connectivity index (χ4v) is 4.24. The fraction of sp³-hybridized carbons (Fsp3) is 0.733. The molecule has 0 saturated heterocycles. The van der Waals surface area contributed by atoms with E-state index in [1.54, 1.807) is 0 Å². The van der Waals surface area contributed by atoms with Crippen LogP contribution in [0.15, 0.2) is 0 Å². The molecule has 0 amide bonds. The van der Waals surface area contributed by atoms with Gasteiger partial charge in [-0.1, -0.05) is 20.3 Å². The van der Waals surface area contributed by atoms with Crippen LogP contribution < -0.4 is 0 Å². The summed E-state index contributed by atoms with van der Waals surface area (Å²) in [7, 11) is 0.